The van der Waals surface area contributed by atoms with E-state index in [1.807, 2.05) is 24.3 Å². The minimum absolute atomic E-state index is 0.0753. The molecule has 2 aromatic carbocycles. The molecule has 0 aliphatic carbocycles. The summed E-state index contributed by atoms with van der Waals surface area (Å²) in [5.74, 6) is -0.797. The van der Waals surface area contributed by atoms with E-state index >= 15 is 0 Å². The molecule has 1 aromatic heterocycles. The molecule has 0 unspecified atom stereocenters. The standard InChI is InChI=1S/C18H17NO2/c1-13-3-2-4-17-16(13)9-10-19(17)12-15-7-5-14(6-8-15)11-18(20)21/h2-10H,11-12H2,1H3,(H,20,21). The minimum Gasteiger partial charge on any atom is -0.481 e. The number of carboxylic acids is 1. The van der Waals surface area contributed by atoms with E-state index in [2.05, 4.69) is 42.0 Å². The van der Waals surface area contributed by atoms with Crippen LogP contribution in [0.2, 0.25) is 0 Å². The number of hydrogen-bond acceptors (Lipinski definition) is 1. The van der Waals surface area contributed by atoms with Crippen LogP contribution in [0.4, 0.5) is 0 Å². The molecule has 106 valence electrons. The van der Waals surface area contributed by atoms with Crippen LogP contribution >= 0.6 is 0 Å². The Kier molecular flexibility index (Phi) is 3.48. The molecule has 1 N–H and O–H groups in total. The summed E-state index contributed by atoms with van der Waals surface area (Å²) in [6.45, 7) is 2.91. The number of aliphatic carboxylic acids is 1. The average Bonchev–Trinajstić information content (AvgIpc) is 2.85. The number of fused-ring (bicyclic) bond motifs is 1. The Balaban J connectivity index is 1.85. The van der Waals surface area contributed by atoms with Crippen molar-refractivity contribution < 1.29 is 9.90 Å². The number of aryl methyl sites for hydroxylation is 1. The number of aromatic nitrogens is 1. The largest absolute Gasteiger partial charge is 0.481 e. The second-order valence-corrected chi connectivity index (χ2v) is 5.34. The van der Waals surface area contributed by atoms with Gasteiger partial charge in [-0.05, 0) is 35.7 Å². The molecule has 0 bridgehead atoms. The number of benzene rings is 2. The first-order chi connectivity index (χ1) is 10.1. The Morgan fingerprint density at radius 1 is 1.05 bits per heavy atom. The van der Waals surface area contributed by atoms with E-state index in [0.29, 0.717) is 0 Å². The second-order valence-electron chi connectivity index (χ2n) is 5.34. The zero-order chi connectivity index (χ0) is 14.8. The molecular weight excluding hydrogens is 262 g/mol. The van der Waals surface area contributed by atoms with Crippen molar-refractivity contribution in [3.8, 4) is 0 Å². The topological polar surface area (TPSA) is 42.2 Å². The van der Waals surface area contributed by atoms with Crippen LogP contribution in [-0.4, -0.2) is 15.6 Å². The summed E-state index contributed by atoms with van der Waals surface area (Å²) in [4.78, 5) is 10.7. The fourth-order valence-electron chi connectivity index (χ4n) is 2.65. The predicted molar refractivity (Wildman–Crippen MR) is 83.6 cm³/mol. The summed E-state index contributed by atoms with van der Waals surface area (Å²) in [6, 6.07) is 16.2. The van der Waals surface area contributed by atoms with E-state index in [-0.39, 0.29) is 6.42 Å². The number of hydrogen-bond donors (Lipinski definition) is 1. The molecule has 0 spiro atoms. The van der Waals surface area contributed by atoms with Gasteiger partial charge in [0.25, 0.3) is 0 Å². The van der Waals surface area contributed by atoms with Crippen molar-refractivity contribution in [1.82, 2.24) is 4.57 Å². The molecule has 3 rings (SSSR count). The van der Waals surface area contributed by atoms with Crippen LogP contribution in [0.1, 0.15) is 16.7 Å². The zero-order valence-corrected chi connectivity index (χ0v) is 11.9. The normalized spacial score (nSPS) is 10.9. The van der Waals surface area contributed by atoms with E-state index in [9.17, 15) is 4.79 Å². The first-order valence-corrected chi connectivity index (χ1v) is 6.97. The lowest BCUT2D eigenvalue weighted by atomic mass is 10.1. The van der Waals surface area contributed by atoms with Crippen LogP contribution in [0, 0.1) is 6.92 Å². The van der Waals surface area contributed by atoms with E-state index in [1.165, 1.54) is 22.0 Å². The molecule has 0 fully saturated rings. The maximum absolute atomic E-state index is 10.7. The molecule has 1 heterocycles. The number of carboxylic acid groups (broad SMARTS) is 1. The third kappa shape index (κ3) is 2.82. The van der Waals surface area contributed by atoms with Crippen LogP contribution in [-0.2, 0) is 17.8 Å². The van der Waals surface area contributed by atoms with E-state index in [0.717, 1.165) is 12.1 Å². The van der Waals surface area contributed by atoms with Gasteiger partial charge in [0.2, 0.25) is 0 Å². The molecule has 0 atom stereocenters. The summed E-state index contributed by atoms with van der Waals surface area (Å²) in [5.41, 5.74) is 4.51. The van der Waals surface area contributed by atoms with Gasteiger partial charge in [0.05, 0.1) is 6.42 Å². The van der Waals surface area contributed by atoms with Crippen molar-refractivity contribution in [1.29, 1.82) is 0 Å². The molecule has 0 aliphatic rings. The highest BCUT2D eigenvalue weighted by atomic mass is 16.4. The van der Waals surface area contributed by atoms with Crippen LogP contribution in [0.3, 0.4) is 0 Å². The van der Waals surface area contributed by atoms with Crippen molar-refractivity contribution in [3.05, 3.63) is 71.4 Å². The SMILES string of the molecule is Cc1cccc2c1ccn2Cc1ccc(CC(=O)O)cc1. The Morgan fingerprint density at radius 3 is 2.48 bits per heavy atom. The highest BCUT2D eigenvalue weighted by Gasteiger charge is 2.04. The third-order valence-electron chi connectivity index (χ3n) is 3.76. The third-order valence-corrected chi connectivity index (χ3v) is 3.76. The van der Waals surface area contributed by atoms with Gasteiger partial charge in [-0.2, -0.15) is 0 Å². The molecule has 0 aliphatic heterocycles. The molecule has 0 amide bonds. The molecule has 0 saturated heterocycles. The van der Waals surface area contributed by atoms with Crippen LogP contribution in [0.25, 0.3) is 10.9 Å². The van der Waals surface area contributed by atoms with Gasteiger partial charge in [-0.1, -0.05) is 36.4 Å². The Bertz CT molecular complexity index is 785. The van der Waals surface area contributed by atoms with Crippen LogP contribution < -0.4 is 0 Å². The van der Waals surface area contributed by atoms with E-state index < -0.39 is 5.97 Å². The number of carbonyl (C=O) groups is 1. The summed E-state index contributed by atoms with van der Waals surface area (Å²) < 4.78 is 2.22. The summed E-state index contributed by atoms with van der Waals surface area (Å²) in [6.07, 6.45) is 2.18. The smallest absolute Gasteiger partial charge is 0.307 e. The van der Waals surface area contributed by atoms with E-state index in [1.54, 1.807) is 0 Å². The van der Waals surface area contributed by atoms with Gasteiger partial charge in [-0.3, -0.25) is 4.79 Å². The van der Waals surface area contributed by atoms with Gasteiger partial charge >= 0.3 is 5.97 Å². The average molecular weight is 279 g/mol. The maximum atomic E-state index is 10.7. The van der Waals surface area contributed by atoms with Crippen molar-refractivity contribution in [2.24, 2.45) is 0 Å². The number of nitrogens with zero attached hydrogens (tertiary/aromatic N) is 1. The number of rotatable bonds is 4. The maximum Gasteiger partial charge on any atom is 0.307 e. The van der Waals surface area contributed by atoms with Gasteiger partial charge in [0.15, 0.2) is 0 Å². The van der Waals surface area contributed by atoms with Gasteiger partial charge < -0.3 is 9.67 Å². The Morgan fingerprint density at radius 2 is 1.76 bits per heavy atom. The van der Waals surface area contributed by atoms with Crippen molar-refractivity contribution >= 4 is 16.9 Å². The highest BCUT2D eigenvalue weighted by molar-refractivity contribution is 5.83. The quantitative estimate of drug-likeness (QED) is 0.792. The first-order valence-electron chi connectivity index (χ1n) is 6.97. The summed E-state index contributed by atoms with van der Waals surface area (Å²) in [7, 11) is 0. The molecule has 3 heteroatoms. The molecule has 0 saturated carbocycles. The summed E-state index contributed by atoms with van der Waals surface area (Å²) >= 11 is 0. The lowest BCUT2D eigenvalue weighted by molar-refractivity contribution is -0.136. The molecular formula is C18H17NO2. The fraction of sp³-hybridized carbons (Fsp3) is 0.167. The predicted octanol–water partition coefficient (Wildman–Crippen LogP) is 3.63. The highest BCUT2D eigenvalue weighted by Crippen LogP contribution is 2.20. The van der Waals surface area contributed by atoms with Crippen LogP contribution in [0.5, 0.6) is 0 Å². The first kappa shape index (κ1) is 13.4. The minimum atomic E-state index is -0.797. The Hall–Kier alpha value is -2.55. The lowest BCUT2D eigenvalue weighted by Gasteiger charge is -2.07. The van der Waals surface area contributed by atoms with Gasteiger partial charge in [0, 0.05) is 23.6 Å². The monoisotopic (exact) mass is 279 g/mol. The van der Waals surface area contributed by atoms with Crippen molar-refractivity contribution in [2.75, 3.05) is 0 Å². The van der Waals surface area contributed by atoms with Gasteiger partial charge in [-0.25, -0.2) is 0 Å². The fourth-order valence-corrected chi connectivity index (χ4v) is 2.65. The molecule has 0 radical (unpaired) electrons. The lowest BCUT2D eigenvalue weighted by Crippen LogP contribution is -2.01. The van der Waals surface area contributed by atoms with Gasteiger partial charge in [-0.15, -0.1) is 0 Å². The second kappa shape index (κ2) is 5.44. The molecule has 3 nitrogen and oxygen atoms in total. The van der Waals surface area contributed by atoms with E-state index in [4.69, 9.17) is 5.11 Å². The summed E-state index contributed by atoms with van der Waals surface area (Å²) in [5, 5.41) is 10.1. The molecule has 3 aromatic rings. The Labute approximate surface area is 123 Å². The zero-order valence-electron chi connectivity index (χ0n) is 11.9. The van der Waals surface area contributed by atoms with Crippen molar-refractivity contribution in [2.45, 2.75) is 19.9 Å². The van der Waals surface area contributed by atoms with Crippen LogP contribution in [0.15, 0.2) is 54.7 Å². The molecule has 21 heavy (non-hydrogen) atoms. The van der Waals surface area contributed by atoms with Crippen molar-refractivity contribution in [3.63, 3.8) is 0 Å². The van der Waals surface area contributed by atoms with Gasteiger partial charge in [0.1, 0.15) is 0 Å².